The lowest BCUT2D eigenvalue weighted by Crippen LogP contribution is -2.16. The highest BCUT2D eigenvalue weighted by molar-refractivity contribution is 9.10. The van der Waals surface area contributed by atoms with Crippen molar-refractivity contribution in [3.05, 3.63) is 28.7 Å². The topological polar surface area (TPSA) is 46.2 Å². The van der Waals surface area contributed by atoms with Crippen molar-refractivity contribution in [2.45, 2.75) is 64.7 Å². The monoisotopic (exact) mass is 367 g/mol. The third-order valence-corrected chi connectivity index (χ3v) is 4.02. The molecule has 1 N–H and O–H groups in total. The molecule has 3 nitrogen and oxygen atoms in total. The van der Waals surface area contributed by atoms with E-state index in [1.807, 2.05) is 24.3 Å². The minimum absolute atomic E-state index is 0.0254. The highest BCUT2D eigenvalue weighted by Crippen LogP contribution is 2.16. The van der Waals surface area contributed by atoms with Crippen LogP contribution in [0, 0.1) is 0 Å². The van der Waals surface area contributed by atoms with E-state index < -0.39 is 0 Å². The molecule has 0 aliphatic carbocycles. The first-order valence-electron chi connectivity index (χ1n) is 8.19. The van der Waals surface area contributed by atoms with Crippen molar-refractivity contribution < 1.29 is 9.59 Å². The third kappa shape index (κ3) is 8.98. The molecule has 122 valence electrons. The number of unbranched alkanes of at least 4 members (excludes halogenated alkanes) is 6. The van der Waals surface area contributed by atoms with Crippen LogP contribution in [0.5, 0.6) is 0 Å². The summed E-state index contributed by atoms with van der Waals surface area (Å²) in [5.74, 6) is -0.202. The normalized spacial score (nSPS) is 10.5. The van der Waals surface area contributed by atoms with E-state index in [2.05, 4.69) is 28.2 Å². The first kappa shape index (κ1) is 18.9. The molecule has 0 heterocycles. The van der Waals surface area contributed by atoms with E-state index >= 15 is 0 Å². The molecule has 0 saturated carbocycles. The smallest absolute Gasteiger partial charge is 0.231 e. The van der Waals surface area contributed by atoms with Crippen LogP contribution < -0.4 is 5.32 Å². The second-order valence-electron chi connectivity index (χ2n) is 5.65. The van der Waals surface area contributed by atoms with Gasteiger partial charge in [-0.2, -0.15) is 0 Å². The van der Waals surface area contributed by atoms with E-state index in [4.69, 9.17) is 0 Å². The van der Waals surface area contributed by atoms with E-state index in [0.717, 1.165) is 17.3 Å². The maximum Gasteiger partial charge on any atom is 0.231 e. The molecule has 0 aromatic heterocycles. The SMILES string of the molecule is CCCCCCCCCC(=O)CC(=O)Nc1cccc(Br)c1. The number of benzene rings is 1. The third-order valence-electron chi connectivity index (χ3n) is 3.53. The van der Waals surface area contributed by atoms with Crippen LogP contribution >= 0.6 is 15.9 Å². The van der Waals surface area contributed by atoms with Gasteiger partial charge >= 0.3 is 0 Å². The lowest BCUT2D eigenvalue weighted by molar-refractivity contribution is -0.125. The first-order valence-corrected chi connectivity index (χ1v) is 8.98. The van der Waals surface area contributed by atoms with Gasteiger partial charge < -0.3 is 5.32 Å². The van der Waals surface area contributed by atoms with Crippen molar-refractivity contribution in [2.24, 2.45) is 0 Å². The second kappa shape index (κ2) is 11.4. The number of amides is 1. The summed E-state index contributed by atoms with van der Waals surface area (Å²) in [6.45, 7) is 2.21. The fraction of sp³-hybridized carbons (Fsp3) is 0.556. The van der Waals surface area contributed by atoms with Gasteiger partial charge in [0.2, 0.25) is 5.91 Å². The van der Waals surface area contributed by atoms with Gasteiger partial charge in [0.05, 0.1) is 6.42 Å². The van der Waals surface area contributed by atoms with E-state index in [1.165, 1.54) is 32.1 Å². The van der Waals surface area contributed by atoms with Crippen molar-refractivity contribution in [3.63, 3.8) is 0 Å². The summed E-state index contributed by atoms with van der Waals surface area (Å²) in [5, 5.41) is 2.75. The Kier molecular flexibility index (Phi) is 9.80. The van der Waals surface area contributed by atoms with Gasteiger partial charge in [-0.15, -0.1) is 0 Å². The molecule has 0 atom stereocenters. The summed E-state index contributed by atoms with van der Waals surface area (Å²) < 4.78 is 0.902. The average Bonchev–Trinajstić information content (AvgIpc) is 2.46. The number of halogens is 1. The summed E-state index contributed by atoms with van der Waals surface area (Å²) in [7, 11) is 0. The molecule has 0 aliphatic heterocycles. The largest absolute Gasteiger partial charge is 0.326 e. The fourth-order valence-electron chi connectivity index (χ4n) is 2.32. The Balaban J connectivity index is 2.12. The van der Waals surface area contributed by atoms with E-state index in [1.54, 1.807) is 0 Å². The van der Waals surface area contributed by atoms with Crippen LogP contribution in [-0.2, 0) is 9.59 Å². The minimum Gasteiger partial charge on any atom is -0.326 e. The molecule has 22 heavy (non-hydrogen) atoms. The Bertz CT molecular complexity index is 474. The standard InChI is InChI=1S/C18H26BrNO2/c1-2-3-4-5-6-7-8-12-17(21)14-18(22)20-16-11-9-10-15(19)13-16/h9-11,13H,2-8,12,14H2,1H3,(H,20,22). The number of hydrogen-bond acceptors (Lipinski definition) is 2. The molecule has 1 rings (SSSR count). The van der Waals surface area contributed by atoms with Crippen LogP contribution in [0.1, 0.15) is 64.7 Å². The van der Waals surface area contributed by atoms with E-state index in [0.29, 0.717) is 12.1 Å². The van der Waals surface area contributed by atoms with Crippen LogP contribution in [-0.4, -0.2) is 11.7 Å². The van der Waals surface area contributed by atoms with Gasteiger partial charge in [0, 0.05) is 16.6 Å². The number of Topliss-reactive ketones (excluding diaryl/α,β-unsaturated/α-hetero) is 1. The highest BCUT2D eigenvalue weighted by atomic mass is 79.9. The molecule has 1 aromatic carbocycles. The quantitative estimate of drug-likeness (QED) is 0.415. The van der Waals surface area contributed by atoms with Crippen molar-refractivity contribution in [1.82, 2.24) is 0 Å². The molecule has 0 radical (unpaired) electrons. The number of carbonyl (C=O) groups excluding carboxylic acids is 2. The summed E-state index contributed by atoms with van der Waals surface area (Å²) in [6.07, 6.45) is 8.77. The summed E-state index contributed by atoms with van der Waals surface area (Å²) in [4.78, 5) is 23.6. The Morgan fingerprint density at radius 1 is 1.05 bits per heavy atom. The van der Waals surface area contributed by atoms with Gasteiger partial charge in [-0.1, -0.05) is 67.4 Å². The maximum absolute atomic E-state index is 11.8. The lowest BCUT2D eigenvalue weighted by atomic mass is 10.1. The molecular formula is C18H26BrNO2. The second-order valence-corrected chi connectivity index (χ2v) is 6.56. The van der Waals surface area contributed by atoms with Crippen molar-refractivity contribution in [2.75, 3.05) is 5.32 Å². The molecule has 0 unspecified atom stereocenters. The Morgan fingerprint density at radius 3 is 2.41 bits per heavy atom. The van der Waals surface area contributed by atoms with Crippen LogP contribution in [0.4, 0.5) is 5.69 Å². The molecule has 0 bridgehead atoms. The summed E-state index contributed by atoms with van der Waals surface area (Å²) in [6, 6.07) is 7.36. The molecule has 0 spiro atoms. The number of nitrogens with one attached hydrogen (secondary N) is 1. The van der Waals surface area contributed by atoms with E-state index in [9.17, 15) is 9.59 Å². The number of ketones is 1. The van der Waals surface area contributed by atoms with Gasteiger partial charge in [-0.25, -0.2) is 0 Å². The van der Waals surface area contributed by atoms with Crippen molar-refractivity contribution >= 4 is 33.3 Å². The number of hydrogen-bond donors (Lipinski definition) is 1. The minimum atomic E-state index is -0.231. The molecular weight excluding hydrogens is 342 g/mol. The van der Waals surface area contributed by atoms with Gasteiger partial charge in [0.25, 0.3) is 0 Å². The lowest BCUT2D eigenvalue weighted by Gasteiger charge is -2.05. The molecule has 1 amide bonds. The zero-order chi connectivity index (χ0) is 16.2. The highest BCUT2D eigenvalue weighted by Gasteiger charge is 2.09. The maximum atomic E-state index is 11.8. The van der Waals surface area contributed by atoms with Gasteiger partial charge in [0.1, 0.15) is 5.78 Å². The van der Waals surface area contributed by atoms with Gasteiger partial charge in [0.15, 0.2) is 0 Å². The van der Waals surface area contributed by atoms with Crippen LogP contribution in [0.25, 0.3) is 0 Å². The zero-order valence-corrected chi connectivity index (χ0v) is 15.0. The van der Waals surface area contributed by atoms with E-state index in [-0.39, 0.29) is 18.1 Å². The molecule has 4 heteroatoms. The summed E-state index contributed by atoms with van der Waals surface area (Å²) >= 11 is 3.35. The van der Waals surface area contributed by atoms with Crippen LogP contribution in [0.3, 0.4) is 0 Å². The Hall–Kier alpha value is -1.16. The van der Waals surface area contributed by atoms with Crippen LogP contribution in [0.2, 0.25) is 0 Å². The summed E-state index contributed by atoms with van der Waals surface area (Å²) in [5.41, 5.74) is 0.711. The predicted octanol–water partition coefficient (Wildman–Crippen LogP) is 5.49. The van der Waals surface area contributed by atoms with Crippen molar-refractivity contribution in [3.8, 4) is 0 Å². The Labute approximate surface area is 142 Å². The van der Waals surface area contributed by atoms with Gasteiger partial charge in [-0.05, 0) is 24.6 Å². The molecule has 1 aromatic rings. The number of carbonyl (C=O) groups is 2. The van der Waals surface area contributed by atoms with Crippen molar-refractivity contribution in [1.29, 1.82) is 0 Å². The fourth-order valence-corrected chi connectivity index (χ4v) is 2.72. The average molecular weight is 368 g/mol. The Morgan fingerprint density at radius 2 is 1.73 bits per heavy atom. The first-order chi connectivity index (χ1) is 10.6. The predicted molar refractivity (Wildman–Crippen MR) is 95.0 cm³/mol. The molecule has 0 aliphatic rings. The molecule has 0 saturated heterocycles. The zero-order valence-electron chi connectivity index (χ0n) is 13.4. The van der Waals surface area contributed by atoms with Crippen LogP contribution in [0.15, 0.2) is 28.7 Å². The molecule has 0 fully saturated rings. The number of rotatable bonds is 11. The number of anilines is 1. The van der Waals surface area contributed by atoms with Gasteiger partial charge in [-0.3, -0.25) is 9.59 Å².